The zero-order chi connectivity index (χ0) is 66.0. The first-order valence-electron chi connectivity index (χ1n) is 34.6. The summed E-state index contributed by atoms with van der Waals surface area (Å²) in [7, 11) is 0. The third-order valence-corrected chi connectivity index (χ3v) is 23.2. The van der Waals surface area contributed by atoms with Crippen molar-refractivity contribution in [2.75, 3.05) is 131 Å². The van der Waals surface area contributed by atoms with E-state index in [-0.39, 0.29) is 51.8 Å². The van der Waals surface area contributed by atoms with Crippen molar-refractivity contribution in [3.63, 3.8) is 0 Å². The highest BCUT2D eigenvalue weighted by Gasteiger charge is 2.50. The van der Waals surface area contributed by atoms with Gasteiger partial charge in [0.2, 0.25) is 11.0 Å². The van der Waals surface area contributed by atoms with Crippen LogP contribution in [0, 0.1) is 31.3 Å². The molecule has 9 aliphatic rings. The highest BCUT2D eigenvalue weighted by molar-refractivity contribution is 7.09. The summed E-state index contributed by atoms with van der Waals surface area (Å²) in [6.07, 6.45) is 15.4. The average molecular weight is 1320 g/mol. The van der Waals surface area contributed by atoms with Gasteiger partial charge in [0, 0.05) is 135 Å². The summed E-state index contributed by atoms with van der Waals surface area (Å²) in [5.41, 5.74) is 8.05. The number of nitrogens with zero attached hydrogens (tertiary/aromatic N) is 14. The van der Waals surface area contributed by atoms with Gasteiger partial charge in [-0.1, -0.05) is 0 Å². The van der Waals surface area contributed by atoms with E-state index in [0.29, 0.717) is 37.9 Å². The summed E-state index contributed by atoms with van der Waals surface area (Å²) >= 11 is 1.49. The molecule has 23 heteroatoms. The molecule has 6 saturated heterocycles. The van der Waals surface area contributed by atoms with E-state index in [1.807, 2.05) is 78.9 Å². The van der Waals surface area contributed by atoms with Crippen LogP contribution >= 0.6 is 11.5 Å². The molecule has 0 aliphatic carbocycles. The number of anilines is 6. The lowest BCUT2D eigenvalue weighted by Crippen LogP contribution is -2.52. The predicted molar refractivity (Wildman–Crippen MR) is 363 cm³/mol. The second kappa shape index (κ2) is 28.3. The number of halogens is 3. The minimum atomic E-state index is -0.208. The van der Waals surface area contributed by atoms with E-state index < -0.39 is 0 Å². The molecule has 15 rings (SSSR count). The van der Waals surface area contributed by atoms with Crippen molar-refractivity contribution < 1.29 is 37.0 Å². The van der Waals surface area contributed by atoms with Crippen LogP contribution in [0.25, 0.3) is 0 Å². The Labute approximate surface area is 560 Å². The van der Waals surface area contributed by atoms with Crippen LogP contribution in [0.4, 0.5) is 56.5 Å². The van der Waals surface area contributed by atoms with Gasteiger partial charge in [0.25, 0.3) is 0 Å². The Morgan fingerprint density at radius 3 is 1.43 bits per heavy atom. The lowest BCUT2D eigenvalue weighted by atomic mass is 9.74. The molecule has 0 N–H and O–H groups in total. The third-order valence-electron chi connectivity index (χ3n) is 22.3. The fourth-order valence-electron chi connectivity index (χ4n) is 17.0. The van der Waals surface area contributed by atoms with Gasteiger partial charge < -0.3 is 53.6 Å². The van der Waals surface area contributed by atoms with Crippen LogP contribution in [0.2, 0.25) is 0 Å². The Morgan fingerprint density at radius 1 is 0.547 bits per heavy atom. The third kappa shape index (κ3) is 13.8. The summed E-state index contributed by atoms with van der Waals surface area (Å²) in [4.78, 5) is 65.1. The van der Waals surface area contributed by atoms with Crippen molar-refractivity contribution in [3.8, 4) is 0 Å². The van der Waals surface area contributed by atoms with Gasteiger partial charge >= 0.3 is 12.2 Å². The molecule has 3 aromatic heterocycles. The van der Waals surface area contributed by atoms with Gasteiger partial charge in [0.15, 0.2) is 5.82 Å². The molecular formula is C72H91F3N14O5S. The number of amides is 3. The average Bonchev–Trinajstić information content (AvgIpc) is 1.61. The minimum Gasteiger partial charge on any atom is -0.450 e. The molecule has 9 aliphatic heterocycles. The number of pyridine rings is 1. The molecule has 0 unspecified atom stereocenters. The number of likely N-dealkylation sites (tertiary alicyclic amines) is 5. The number of hydrogen-bond acceptors (Lipinski definition) is 17. The van der Waals surface area contributed by atoms with Crippen LogP contribution in [0.15, 0.2) is 91.3 Å². The molecule has 0 radical (unpaired) electrons. The maximum Gasteiger partial charge on any atom is 0.409 e. The van der Waals surface area contributed by atoms with Crippen molar-refractivity contribution in [2.24, 2.45) is 0 Å². The van der Waals surface area contributed by atoms with Crippen LogP contribution in [-0.2, 0) is 30.5 Å². The van der Waals surface area contributed by atoms with E-state index in [4.69, 9.17) is 9.47 Å². The lowest BCUT2D eigenvalue weighted by Gasteiger charge is -2.45. The van der Waals surface area contributed by atoms with E-state index in [1.165, 1.54) is 17.6 Å². The predicted octanol–water partition coefficient (Wildman–Crippen LogP) is 11.7. The van der Waals surface area contributed by atoms with E-state index in [2.05, 4.69) is 60.0 Å². The summed E-state index contributed by atoms with van der Waals surface area (Å²) in [5.74, 6) is 1.16. The first-order chi connectivity index (χ1) is 46.0. The second-order valence-corrected chi connectivity index (χ2v) is 28.4. The fourth-order valence-corrected chi connectivity index (χ4v) is 17.7. The maximum absolute atomic E-state index is 14.3. The monoisotopic (exact) mass is 1320 g/mol. The zero-order valence-electron chi connectivity index (χ0n) is 55.7. The first-order valence-corrected chi connectivity index (χ1v) is 35.4. The number of fused-ring (bicyclic) bond motifs is 6. The van der Waals surface area contributed by atoms with Crippen molar-refractivity contribution in [3.05, 3.63) is 137 Å². The minimum absolute atomic E-state index is 0.0323. The standard InChI is InChI=1S/C25H32FN5O2.C25H31FN4O2.C22H28FN5OS/c1-3-33-24(32)30-12-8-20(9-13-30)29-14-10-25(11-15-29)17-31(23-7-4-18(2)27-28-23)22-6-5-19(26)16-21(22)25;1-2-32-24(31)29-12-7-20(8-13-29)28-14-9-25(10-15-28)18-30(21-4-3-11-27-17-21)23-6-5-19(26)16-22(23)25;1-15-24-21(30-25-15)27-9-5-18(6-10-27)26-11-7-22(8-12-26)14-28(16(2)29)20-4-3-17(23)13-19(20)22/h4-7,16,20H,3,8-15,17H2,1-2H3;3-6,11,16-17,20H,2,7-10,12-15,18H2,1H3;3-4,13,18H,5-12,14H2,1-2H3. The zero-order valence-corrected chi connectivity index (χ0v) is 56.6. The van der Waals surface area contributed by atoms with Crippen LogP contribution in [-0.4, -0.2) is 197 Å². The number of rotatable bonds is 8. The smallest absolute Gasteiger partial charge is 0.409 e. The molecular weight excluding hydrogens is 1230 g/mol. The first kappa shape index (κ1) is 66.2. The molecule has 0 bridgehead atoms. The van der Waals surface area contributed by atoms with Gasteiger partial charge in [-0.3, -0.25) is 9.78 Å². The topological polar surface area (TPSA) is 163 Å². The van der Waals surface area contributed by atoms with E-state index in [9.17, 15) is 27.6 Å². The SMILES string of the molecule is CC(=O)N1CC2(CCN(C3CCN(c4nc(C)ns4)CC3)CC2)c2cc(F)ccc21.CCOC(=O)N1CCC(N2CCC3(CC2)CN(c2ccc(C)nn2)c2ccc(F)cc23)CC1.CCOC(=O)N1CCC(N2CCC3(CC2)CN(c2cccnc2)c2ccc(F)cc23)CC1. The molecule has 12 heterocycles. The van der Waals surface area contributed by atoms with Crippen molar-refractivity contribution in [2.45, 2.75) is 146 Å². The molecule has 6 fully saturated rings. The second-order valence-electron chi connectivity index (χ2n) is 27.6. The highest BCUT2D eigenvalue weighted by atomic mass is 32.1. The Balaban J connectivity index is 0.000000129. The number of benzene rings is 3. The summed E-state index contributed by atoms with van der Waals surface area (Å²) in [6.45, 7) is 23.4. The van der Waals surface area contributed by atoms with Gasteiger partial charge in [-0.15, -0.1) is 5.10 Å². The van der Waals surface area contributed by atoms with Crippen LogP contribution in [0.1, 0.15) is 126 Å². The van der Waals surface area contributed by atoms with Crippen LogP contribution in [0.3, 0.4) is 0 Å². The number of carbonyl (C=O) groups is 3. The largest absolute Gasteiger partial charge is 0.450 e. The quantitative estimate of drug-likeness (QED) is 0.141. The molecule has 3 spiro atoms. The molecule has 3 amide bonds. The van der Waals surface area contributed by atoms with Crippen molar-refractivity contribution in [1.82, 2.24) is 49.0 Å². The Hall–Kier alpha value is -7.47. The summed E-state index contributed by atoms with van der Waals surface area (Å²) < 4.78 is 57.2. The number of aryl methyl sites for hydroxylation is 2. The van der Waals surface area contributed by atoms with Gasteiger partial charge in [-0.2, -0.15) is 9.47 Å². The molecule has 3 aromatic carbocycles. The molecule has 6 aromatic rings. The number of aromatic nitrogens is 5. The Kier molecular flexibility index (Phi) is 19.7. The molecule has 506 valence electrons. The maximum atomic E-state index is 14.3. The summed E-state index contributed by atoms with van der Waals surface area (Å²) in [6, 6.07) is 24.9. The summed E-state index contributed by atoms with van der Waals surface area (Å²) in [5, 5.41) is 9.69. The van der Waals surface area contributed by atoms with E-state index in [0.717, 1.165) is 231 Å². The molecule has 0 saturated carbocycles. The number of hydrogen-bond donors (Lipinski definition) is 0. The Bertz CT molecular complexity index is 3650. The number of piperidine rings is 6. The van der Waals surface area contributed by atoms with Crippen molar-refractivity contribution in [1.29, 1.82) is 0 Å². The van der Waals surface area contributed by atoms with Crippen LogP contribution < -0.4 is 19.6 Å². The van der Waals surface area contributed by atoms with Gasteiger partial charge in [-0.25, -0.2) is 27.7 Å². The lowest BCUT2D eigenvalue weighted by molar-refractivity contribution is -0.116. The normalized spacial score (nSPS) is 21.3. The van der Waals surface area contributed by atoms with Gasteiger partial charge in [0.05, 0.1) is 30.8 Å². The number of carbonyl (C=O) groups excluding carboxylic acids is 3. The number of ether oxygens (including phenoxy) is 2. The Morgan fingerprint density at radius 2 is 1.00 bits per heavy atom. The van der Waals surface area contributed by atoms with Gasteiger partial charge in [0.1, 0.15) is 23.3 Å². The van der Waals surface area contributed by atoms with Crippen LogP contribution in [0.5, 0.6) is 0 Å². The highest BCUT2D eigenvalue weighted by Crippen LogP contribution is 2.53. The molecule has 19 nitrogen and oxygen atoms in total. The van der Waals surface area contributed by atoms with Crippen molar-refractivity contribution >= 4 is 63.3 Å². The fraction of sp³-hybridized carbons (Fsp3) is 0.556. The van der Waals surface area contributed by atoms with E-state index >= 15 is 0 Å². The van der Waals surface area contributed by atoms with E-state index in [1.54, 1.807) is 49.5 Å². The molecule has 95 heavy (non-hydrogen) atoms. The van der Waals surface area contributed by atoms with Gasteiger partial charge in [-0.05, 0) is 240 Å². The molecule has 0 atom stereocenters.